The zero-order chi connectivity index (χ0) is 13.5. The van der Waals surface area contributed by atoms with E-state index in [-0.39, 0.29) is 0 Å². The van der Waals surface area contributed by atoms with Crippen LogP contribution in [0, 0.1) is 6.92 Å². The Morgan fingerprint density at radius 3 is 2.68 bits per heavy atom. The molecule has 19 heavy (non-hydrogen) atoms. The number of benzene rings is 1. The molecule has 1 aromatic heterocycles. The highest BCUT2D eigenvalue weighted by Gasteiger charge is 2.07. The molecule has 1 heteroatoms. The first-order chi connectivity index (χ1) is 9.33. The van der Waals surface area contributed by atoms with Crippen molar-refractivity contribution < 1.29 is 4.42 Å². The summed E-state index contributed by atoms with van der Waals surface area (Å²) < 4.78 is 5.89. The molecule has 0 fully saturated rings. The van der Waals surface area contributed by atoms with Gasteiger partial charge >= 0.3 is 0 Å². The van der Waals surface area contributed by atoms with E-state index in [0.29, 0.717) is 0 Å². The van der Waals surface area contributed by atoms with Gasteiger partial charge in [0.1, 0.15) is 11.3 Å². The van der Waals surface area contributed by atoms with Gasteiger partial charge in [-0.25, -0.2) is 0 Å². The molecule has 0 aliphatic heterocycles. The number of rotatable bonds is 7. The third-order valence-corrected chi connectivity index (χ3v) is 3.64. The maximum Gasteiger partial charge on any atom is 0.134 e. The van der Waals surface area contributed by atoms with Crippen molar-refractivity contribution in [2.24, 2.45) is 0 Å². The monoisotopic (exact) mass is 256 g/mol. The second-order valence-electron chi connectivity index (χ2n) is 5.17. The quantitative estimate of drug-likeness (QED) is 0.450. The van der Waals surface area contributed by atoms with Gasteiger partial charge in [-0.3, -0.25) is 0 Å². The fraction of sp³-hybridized carbons (Fsp3) is 0.444. The van der Waals surface area contributed by atoms with Gasteiger partial charge in [-0.2, -0.15) is 0 Å². The molecule has 1 heterocycles. The molecule has 0 amide bonds. The second kappa shape index (κ2) is 7.18. The zero-order valence-electron chi connectivity index (χ0n) is 12.1. The molecule has 0 atom stereocenters. The maximum absolute atomic E-state index is 5.89. The molecule has 0 saturated carbocycles. The van der Waals surface area contributed by atoms with Crippen LogP contribution in [-0.4, -0.2) is 0 Å². The summed E-state index contributed by atoms with van der Waals surface area (Å²) in [6.07, 6.45) is 12.0. The van der Waals surface area contributed by atoms with Crippen molar-refractivity contribution in [3.8, 4) is 0 Å². The number of fused-ring (bicyclic) bond motifs is 1. The fourth-order valence-electron chi connectivity index (χ4n) is 2.42. The third kappa shape index (κ3) is 3.73. The number of hydrogen-bond acceptors (Lipinski definition) is 1. The van der Waals surface area contributed by atoms with Gasteiger partial charge in [0.25, 0.3) is 0 Å². The van der Waals surface area contributed by atoms with Gasteiger partial charge in [0.2, 0.25) is 0 Å². The van der Waals surface area contributed by atoms with Crippen LogP contribution < -0.4 is 0 Å². The summed E-state index contributed by atoms with van der Waals surface area (Å²) in [5.74, 6) is 1.10. The molecule has 0 spiro atoms. The van der Waals surface area contributed by atoms with Crippen molar-refractivity contribution in [2.75, 3.05) is 0 Å². The number of hydrogen-bond donors (Lipinski definition) is 0. The lowest BCUT2D eigenvalue weighted by atomic mass is 10.1. The number of furan rings is 1. The Bertz CT molecular complexity index is 534. The van der Waals surface area contributed by atoms with Crippen molar-refractivity contribution in [1.29, 1.82) is 0 Å². The summed E-state index contributed by atoms with van der Waals surface area (Å²) in [6, 6.07) is 8.27. The molecule has 0 unspecified atom stereocenters. The summed E-state index contributed by atoms with van der Waals surface area (Å²) >= 11 is 0. The first kappa shape index (κ1) is 13.9. The first-order valence-corrected chi connectivity index (χ1v) is 7.45. The zero-order valence-corrected chi connectivity index (χ0v) is 12.1. The van der Waals surface area contributed by atoms with E-state index in [1.54, 1.807) is 0 Å². The molecule has 1 nitrogen and oxygen atoms in total. The van der Waals surface area contributed by atoms with Crippen LogP contribution in [0.3, 0.4) is 0 Å². The highest BCUT2D eigenvalue weighted by Crippen LogP contribution is 2.25. The van der Waals surface area contributed by atoms with E-state index in [0.717, 1.165) is 17.8 Å². The van der Waals surface area contributed by atoms with Gasteiger partial charge in [0.15, 0.2) is 0 Å². The Balaban J connectivity index is 1.87. The molecule has 0 N–H and O–H groups in total. The Kier molecular flexibility index (Phi) is 5.26. The molecule has 1 aromatic carbocycles. The van der Waals surface area contributed by atoms with Gasteiger partial charge < -0.3 is 4.42 Å². The minimum absolute atomic E-state index is 0.911. The summed E-state index contributed by atoms with van der Waals surface area (Å²) in [5.41, 5.74) is 2.29. The second-order valence-corrected chi connectivity index (χ2v) is 5.17. The van der Waals surface area contributed by atoms with Crippen LogP contribution in [-0.2, 0) is 6.42 Å². The molecule has 0 aliphatic carbocycles. The van der Waals surface area contributed by atoms with E-state index >= 15 is 0 Å². The fourth-order valence-corrected chi connectivity index (χ4v) is 2.42. The van der Waals surface area contributed by atoms with Crippen LogP contribution >= 0.6 is 0 Å². The van der Waals surface area contributed by atoms with Gasteiger partial charge in [-0.05, 0) is 31.4 Å². The van der Waals surface area contributed by atoms with E-state index in [1.807, 2.05) is 12.1 Å². The summed E-state index contributed by atoms with van der Waals surface area (Å²) in [5, 5.41) is 1.24. The maximum atomic E-state index is 5.89. The van der Waals surface area contributed by atoms with Crippen molar-refractivity contribution >= 4 is 11.0 Å². The molecule has 2 aromatic rings. The highest BCUT2D eigenvalue weighted by molar-refractivity contribution is 5.81. The lowest BCUT2D eigenvalue weighted by Crippen LogP contribution is -1.80. The van der Waals surface area contributed by atoms with E-state index in [2.05, 4.69) is 38.1 Å². The minimum Gasteiger partial charge on any atom is -0.460 e. The van der Waals surface area contributed by atoms with Gasteiger partial charge in [0, 0.05) is 11.8 Å². The predicted octanol–water partition coefficient (Wildman–Crippen LogP) is 5.81. The number of para-hydroxylation sites is 1. The van der Waals surface area contributed by atoms with Crippen molar-refractivity contribution in [3.05, 3.63) is 47.7 Å². The Morgan fingerprint density at radius 2 is 1.89 bits per heavy atom. The van der Waals surface area contributed by atoms with Crippen molar-refractivity contribution in [2.45, 2.75) is 52.4 Å². The lowest BCUT2D eigenvalue weighted by Gasteiger charge is -1.95. The van der Waals surface area contributed by atoms with Crippen LogP contribution in [0.1, 0.15) is 50.4 Å². The first-order valence-electron chi connectivity index (χ1n) is 7.45. The van der Waals surface area contributed by atoms with Gasteiger partial charge in [-0.1, -0.05) is 56.5 Å². The number of aryl methyl sites for hydroxylation is 1. The van der Waals surface area contributed by atoms with Crippen LogP contribution in [0.2, 0.25) is 0 Å². The van der Waals surface area contributed by atoms with Crippen molar-refractivity contribution in [3.63, 3.8) is 0 Å². The largest absolute Gasteiger partial charge is 0.460 e. The summed E-state index contributed by atoms with van der Waals surface area (Å²) in [4.78, 5) is 0. The molecule has 0 bridgehead atoms. The molecular formula is C18H24O. The average Bonchev–Trinajstić information content (AvgIpc) is 2.75. The van der Waals surface area contributed by atoms with Gasteiger partial charge in [-0.15, -0.1) is 0 Å². The molecule has 0 aliphatic rings. The molecule has 0 radical (unpaired) electrons. The van der Waals surface area contributed by atoms with E-state index in [4.69, 9.17) is 4.42 Å². The smallest absolute Gasteiger partial charge is 0.134 e. The standard InChI is InChI=1S/C18H24O/c1-3-4-5-6-7-8-9-13-17-15(2)16-12-10-11-14-18(16)19-17/h8-12,14H,3-7,13H2,1-2H3/b9-8+. The molecule has 2 rings (SSSR count). The average molecular weight is 256 g/mol. The Labute approximate surface area is 116 Å². The Hall–Kier alpha value is -1.50. The van der Waals surface area contributed by atoms with E-state index in [9.17, 15) is 0 Å². The van der Waals surface area contributed by atoms with Gasteiger partial charge in [0.05, 0.1) is 0 Å². The van der Waals surface area contributed by atoms with Crippen molar-refractivity contribution in [1.82, 2.24) is 0 Å². The third-order valence-electron chi connectivity index (χ3n) is 3.64. The number of unbranched alkanes of at least 4 members (excludes halogenated alkanes) is 4. The topological polar surface area (TPSA) is 13.1 Å². The summed E-state index contributed by atoms with van der Waals surface area (Å²) in [6.45, 7) is 4.40. The normalized spacial score (nSPS) is 11.7. The van der Waals surface area contributed by atoms with Crippen LogP contribution in [0.15, 0.2) is 40.8 Å². The van der Waals surface area contributed by atoms with E-state index in [1.165, 1.54) is 43.1 Å². The van der Waals surface area contributed by atoms with Crippen LogP contribution in [0.25, 0.3) is 11.0 Å². The SMILES string of the molecule is CCCCCC/C=C/Cc1oc2ccccc2c1C. The molecule has 102 valence electrons. The molecular weight excluding hydrogens is 232 g/mol. The lowest BCUT2D eigenvalue weighted by molar-refractivity contribution is 0.561. The van der Waals surface area contributed by atoms with E-state index < -0.39 is 0 Å². The van der Waals surface area contributed by atoms with Crippen LogP contribution in [0.4, 0.5) is 0 Å². The highest BCUT2D eigenvalue weighted by atomic mass is 16.3. The summed E-state index contributed by atoms with van der Waals surface area (Å²) in [7, 11) is 0. The predicted molar refractivity (Wildman–Crippen MR) is 82.6 cm³/mol. The Morgan fingerprint density at radius 1 is 1.05 bits per heavy atom. The van der Waals surface area contributed by atoms with Crippen LogP contribution in [0.5, 0.6) is 0 Å². The number of allylic oxidation sites excluding steroid dienone is 2. The minimum atomic E-state index is 0.911. The molecule has 0 saturated heterocycles.